The molecule has 1 heterocycles. The van der Waals surface area contributed by atoms with Gasteiger partial charge in [-0.15, -0.1) is 0 Å². The molecule has 4 nitrogen and oxygen atoms in total. The smallest absolute Gasteiger partial charge is 0.136 e. The molecule has 2 unspecified atom stereocenters. The highest BCUT2D eigenvalue weighted by molar-refractivity contribution is 5.48. The van der Waals surface area contributed by atoms with Gasteiger partial charge in [0, 0.05) is 24.6 Å². The van der Waals surface area contributed by atoms with Crippen LogP contribution in [0.25, 0.3) is 0 Å². The Kier molecular flexibility index (Phi) is 4.08. The summed E-state index contributed by atoms with van der Waals surface area (Å²) in [6.45, 7) is 5.36. The molecule has 20 heavy (non-hydrogen) atoms. The Bertz CT molecular complexity index is 456. The molecule has 0 saturated heterocycles. The van der Waals surface area contributed by atoms with Crippen LogP contribution >= 0.6 is 0 Å². The Labute approximate surface area is 121 Å². The number of hydrogen-bond donors (Lipinski definition) is 2. The van der Waals surface area contributed by atoms with E-state index in [4.69, 9.17) is 4.98 Å². The molecular formula is C16H26N4. The predicted molar refractivity (Wildman–Crippen MR) is 83.2 cm³/mol. The molecule has 2 N–H and O–H groups in total. The quantitative estimate of drug-likeness (QED) is 0.858. The predicted octanol–water partition coefficient (Wildman–Crippen LogP) is 3.78. The second-order valence-electron chi connectivity index (χ2n) is 6.41. The van der Waals surface area contributed by atoms with Gasteiger partial charge in [-0.3, -0.25) is 0 Å². The topological polar surface area (TPSA) is 49.8 Å². The highest BCUT2D eigenvalue weighted by Gasteiger charge is 2.28. The average Bonchev–Trinajstić information content (AvgIpc) is 3.23. The zero-order chi connectivity index (χ0) is 13.9. The van der Waals surface area contributed by atoms with Crippen molar-refractivity contribution in [3.05, 3.63) is 11.9 Å². The zero-order valence-electron chi connectivity index (χ0n) is 12.7. The maximum absolute atomic E-state index is 4.73. The molecule has 2 aliphatic carbocycles. The van der Waals surface area contributed by atoms with E-state index in [9.17, 15) is 0 Å². The van der Waals surface area contributed by atoms with Gasteiger partial charge in [-0.25, -0.2) is 9.97 Å². The Morgan fingerprint density at radius 3 is 2.65 bits per heavy atom. The van der Waals surface area contributed by atoms with Crippen LogP contribution in [0, 0.1) is 5.92 Å². The van der Waals surface area contributed by atoms with Crippen molar-refractivity contribution in [1.29, 1.82) is 0 Å². The van der Waals surface area contributed by atoms with Gasteiger partial charge in [-0.1, -0.05) is 19.8 Å². The van der Waals surface area contributed by atoms with Crippen molar-refractivity contribution in [3.63, 3.8) is 0 Å². The minimum Gasteiger partial charge on any atom is -0.370 e. The van der Waals surface area contributed by atoms with Crippen LogP contribution in [0.15, 0.2) is 6.07 Å². The Morgan fingerprint density at radius 2 is 1.95 bits per heavy atom. The zero-order valence-corrected chi connectivity index (χ0v) is 12.7. The van der Waals surface area contributed by atoms with Gasteiger partial charge >= 0.3 is 0 Å². The van der Waals surface area contributed by atoms with Crippen LogP contribution in [0.3, 0.4) is 0 Å². The van der Waals surface area contributed by atoms with E-state index in [0.29, 0.717) is 12.0 Å². The van der Waals surface area contributed by atoms with Crippen molar-refractivity contribution in [2.75, 3.05) is 17.2 Å². The number of hydrogen-bond acceptors (Lipinski definition) is 4. The second-order valence-corrected chi connectivity index (χ2v) is 6.41. The fourth-order valence-corrected chi connectivity index (χ4v) is 3.11. The molecule has 0 spiro atoms. The van der Waals surface area contributed by atoms with E-state index in [1.165, 1.54) is 38.5 Å². The van der Waals surface area contributed by atoms with Crippen LogP contribution < -0.4 is 10.6 Å². The van der Waals surface area contributed by atoms with Gasteiger partial charge < -0.3 is 10.6 Å². The molecule has 2 atom stereocenters. The summed E-state index contributed by atoms with van der Waals surface area (Å²) < 4.78 is 0. The standard InChI is InChI=1S/C16H26N4/c1-3-17-14-10-15(20-16(19-14)12-7-8-12)18-13-6-4-5-11(2)9-13/h10-13H,3-9H2,1-2H3,(H2,17,18,19,20). The van der Waals surface area contributed by atoms with Crippen LogP contribution in [0.5, 0.6) is 0 Å². The van der Waals surface area contributed by atoms with Crippen LogP contribution in [0.4, 0.5) is 11.6 Å². The number of rotatable bonds is 5. The van der Waals surface area contributed by atoms with Gasteiger partial charge in [0.05, 0.1) is 0 Å². The Morgan fingerprint density at radius 1 is 1.15 bits per heavy atom. The van der Waals surface area contributed by atoms with E-state index < -0.39 is 0 Å². The lowest BCUT2D eigenvalue weighted by molar-refractivity contribution is 0.358. The van der Waals surface area contributed by atoms with E-state index in [1.54, 1.807) is 0 Å². The molecule has 2 saturated carbocycles. The third-order valence-electron chi connectivity index (χ3n) is 4.33. The molecule has 3 rings (SSSR count). The van der Waals surface area contributed by atoms with Gasteiger partial charge in [-0.05, 0) is 38.5 Å². The normalized spacial score (nSPS) is 26.3. The van der Waals surface area contributed by atoms with Gasteiger partial charge in [0.2, 0.25) is 0 Å². The third kappa shape index (κ3) is 3.41. The summed E-state index contributed by atoms with van der Waals surface area (Å²) in [5.41, 5.74) is 0. The first kappa shape index (κ1) is 13.7. The molecule has 2 fully saturated rings. The highest BCUT2D eigenvalue weighted by atomic mass is 15.1. The van der Waals surface area contributed by atoms with Gasteiger partial charge in [0.1, 0.15) is 17.5 Å². The van der Waals surface area contributed by atoms with Crippen molar-refractivity contribution < 1.29 is 0 Å². The van der Waals surface area contributed by atoms with E-state index in [0.717, 1.165) is 29.9 Å². The summed E-state index contributed by atoms with van der Waals surface area (Å²) in [6, 6.07) is 2.64. The van der Waals surface area contributed by atoms with Gasteiger partial charge in [-0.2, -0.15) is 0 Å². The van der Waals surface area contributed by atoms with Crippen LogP contribution in [-0.4, -0.2) is 22.6 Å². The second kappa shape index (κ2) is 5.98. The minimum absolute atomic E-state index is 0.579. The van der Waals surface area contributed by atoms with Crippen molar-refractivity contribution >= 4 is 11.6 Å². The summed E-state index contributed by atoms with van der Waals surface area (Å²) in [7, 11) is 0. The largest absolute Gasteiger partial charge is 0.370 e. The fraction of sp³-hybridized carbons (Fsp3) is 0.750. The molecular weight excluding hydrogens is 248 g/mol. The van der Waals surface area contributed by atoms with Crippen molar-refractivity contribution in [1.82, 2.24) is 9.97 Å². The fourth-order valence-electron chi connectivity index (χ4n) is 3.11. The average molecular weight is 274 g/mol. The number of nitrogens with zero attached hydrogens (tertiary/aromatic N) is 2. The van der Waals surface area contributed by atoms with E-state index >= 15 is 0 Å². The molecule has 0 bridgehead atoms. The van der Waals surface area contributed by atoms with E-state index in [1.807, 2.05) is 0 Å². The van der Waals surface area contributed by atoms with Crippen LogP contribution in [-0.2, 0) is 0 Å². The number of nitrogens with one attached hydrogen (secondary N) is 2. The molecule has 4 heteroatoms. The molecule has 110 valence electrons. The van der Waals surface area contributed by atoms with Crippen molar-refractivity contribution in [2.24, 2.45) is 5.92 Å². The van der Waals surface area contributed by atoms with E-state index in [-0.39, 0.29) is 0 Å². The first-order chi connectivity index (χ1) is 9.74. The Balaban J connectivity index is 1.73. The van der Waals surface area contributed by atoms with E-state index in [2.05, 4.69) is 35.5 Å². The minimum atomic E-state index is 0.579. The SMILES string of the molecule is CCNc1cc(NC2CCCC(C)C2)nc(C2CC2)n1. The number of aromatic nitrogens is 2. The van der Waals surface area contributed by atoms with Crippen molar-refractivity contribution in [3.8, 4) is 0 Å². The first-order valence-corrected chi connectivity index (χ1v) is 8.14. The lowest BCUT2D eigenvalue weighted by Crippen LogP contribution is -2.26. The number of anilines is 2. The Hall–Kier alpha value is -1.32. The van der Waals surface area contributed by atoms with Crippen LogP contribution in [0.1, 0.15) is 64.1 Å². The highest BCUT2D eigenvalue weighted by Crippen LogP contribution is 2.39. The summed E-state index contributed by atoms with van der Waals surface area (Å²) >= 11 is 0. The molecule has 0 aromatic carbocycles. The summed E-state index contributed by atoms with van der Waals surface area (Å²) in [4.78, 5) is 9.37. The molecule has 0 amide bonds. The maximum atomic E-state index is 4.73. The maximum Gasteiger partial charge on any atom is 0.136 e. The molecule has 2 aliphatic rings. The van der Waals surface area contributed by atoms with Gasteiger partial charge in [0.25, 0.3) is 0 Å². The monoisotopic (exact) mass is 274 g/mol. The lowest BCUT2D eigenvalue weighted by Gasteiger charge is -2.28. The third-order valence-corrected chi connectivity index (χ3v) is 4.33. The lowest BCUT2D eigenvalue weighted by atomic mass is 9.87. The summed E-state index contributed by atoms with van der Waals surface area (Å²) in [6.07, 6.45) is 7.73. The van der Waals surface area contributed by atoms with Gasteiger partial charge in [0.15, 0.2) is 0 Å². The van der Waals surface area contributed by atoms with Crippen LogP contribution in [0.2, 0.25) is 0 Å². The summed E-state index contributed by atoms with van der Waals surface area (Å²) in [5.74, 6) is 4.43. The first-order valence-electron chi connectivity index (χ1n) is 8.14. The molecule has 0 aliphatic heterocycles. The molecule has 0 radical (unpaired) electrons. The van der Waals surface area contributed by atoms with Crippen molar-refractivity contribution in [2.45, 2.75) is 64.3 Å². The molecule has 1 aromatic heterocycles. The summed E-state index contributed by atoms with van der Waals surface area (Å²) in [5, 5.41) is 6.97. The molecule has 1 aromatic rings.